The molecule has 3 amide bonds. The van der Waals surface area contributed by atoms with Crippen LogP contribution in [-0.2, 0) is 22.6 Å². The van der Waals surface area contributed by atoms with Crippen LogP contribution in [0.15, 0.2) is 93.7 Å². The number of hydrogen-bond donors (Lipinski definition) is 1. The lowest BCUT2D eigenvalue weighted by molar-refractivity contribution is -0.128. The molecule has 0 radical (unpaired) electrons. The highest BCUT2D eigenvalue weighted by Crippen LogP contribution is 2.38. The zero-order valence-corrected chi connectivity index (χ0v) is 28.1. The molecule has 1 saturated carbocycles. The molecule has 1 aliphatic carbocycles. The SMILES string of the molecule is CC(=O)N(C)c1ccc2oc(C(=O)N[C@@H](C=C3CCC(c4ccccc4CN4CCCC4=O)CC3)Cc3ccc(Cl)cc3)cc(=O)c2c1. The Labute approximate surface area is 285 Å². The van der Waals surface area contributed by atoms with Crippen molar-refractivity contribution in [1.82, 2.24) is 10.2 Å². The molecular formula is C39H40ClN3O5. The molecule has 6 rings (SSSR count). The molecule has 248 valence electrons. The third kappa shape index (κ3) is 7.71. The van der Waals surface area contributed by atoms with E-state index in [9.17, 15) is 19.2 Å². The minimum atomic E-state index is -0.478. The molecule has 0 unspecified atom stereocenters. The van der Waals surface area contributed by atoms with Crippen molar-refractivity contribution in [3.05, 3.63) is 122 Å². The van der Waals surface area contributed by atoms with Gasteiger partial charge < -0.3 is 19.5 Å². The van der Waals surface area contributed by atoms with Gasteiger partial charge in [-0.05, 0) is 91.5 Å². The first-order valence-electron chi connectivity index (χ1n) is 16.6. The molecule has 2 fully saturated rings. The van der Waals surface area contributed by atoms with Gasteiger partial charge in [-0.1, -0.05) is 59.6 Å². The van der Waals surface area contributed by atoms with E-state index in [1.807, 2.05) is 29.2 Å². The number of amides is 3. The molecule has 4 aromatic rings. The Hall–Kier alpha value is -4.69. The minimum absolute atomic E-state index is 0.0727. The second-order valence-electron chi connectivity index (χ2n) is 12.9. The molecule has 0 bridgehead atoms. The summed E-state index contributed by atoms with van der Waals surface area (Å²) in [5.74, 6) is -0.0700. The third-order valence-electron chi connectivity index (χ3n) is 9.57. The summed E-state index contributed by atoms with van der Waals surface area (Å²) in [6.45, 7) is 2.94. The lowest BCUT2D eigenvalue weighted by Gasteiger charge is -2.28. The molecule has 1 N–H and O–H groups in total. The molecule has 2 heterocycles. The molecule has 1 aromatic heterocycles. The molecule has 0 spiro atoms. The molecule has 8 nitrogen and oxygen atoms in total. The van der Waals surface area contributed by atoms with Crippen LogP contribution in [0, 0.1) is 0 Å². The van der Waals surface area contributed by atoms with Gasteiger partial charge in [0.15, 0.2) is 11.2 Å². The van der Waals surface area contributed by atoms with Gasteiger partial charge in [-0.2, -0.15) is 0 Å². The van der Waals surface area contributed by atoms with Gasteiger partial charge in [0.1, 0.15) is 5.58 Å². The van der Waals surface area contributed by atoms with E-state index < -0.39 is 5.91 Å². The predicted molar refractivity (Wildman–Crippen MR) is 188 cm³/mol. The van der Waals surface area contributed by atoms with Crippen molar-refractivity contribution in [2.75, 3.05) is 18.5 Å². The summed E-state index contributed by atoms with van der Waals surface area (Å²) in [4.78, 5) is 54.2. The van der Waals surface area contributed by atoms with E-state index >= 15 is 0 Å². The largest absolute Gasteiger partial charge is 0.451 e. The van der Waals surface area contributed by atoms with Gasteiger partial charge in [0.05, 0.1) is 11.4 Å². The van der Waals surface area contributed by atoms with Crippen LogP contribution in [0.2, 0.25) is 5.02 Å². The minimum Gasteiger partial charge on any atom is -0.451 e. The third-order valence-corrected chi connectivity index (χ3v) is 9.82. The maximum atomic E-state index is 13.6. The van der Waals surface area contributed by atoms with Crippen LogP contribution in [0.25, 0.3) is 11.0 Å². The topological polar surface area (TPSA) is 99.9 Å². The summed E-state index contributed by atoms with van der Waals surface area (Å²) in [6.07, 6.45) is 8.04. The van der Waals surface area contributed by atoms with Crippen LogP contribution in [-0.4, -0.2) is 42.3 Å². The van der Waals surface area contributed by atoms with E-state index in [-0.39, 0.29) is 34.6 Å². The number of fused-ring (bicyclic) bond motifs is 1. The van der Waals surface area contributed by atoms with Gasteiger partial charge in [0.25, 0.3) is 5.91 Å². The molecule has 1 saturated heterocycles. The predicted octanol–water partition coefficient (Wildman–Crippen LogP) is 7.18. The summed E-state index contributed by atoms with van der Waals surface area (Å²) in [5.41, 5.74) is 5.33. The zero-order valence-electron chi connectivity index (χ0n) is 27.3. The van der Waals surface area contributed by atoms with Crippen molar-refractivity contribution in [2.24, 2.45) is 0 Å². The molecule has 9 heteroatoms. The van der Waals surface area contributed by atoms with Crippen LogP contribution >= 0.6 is 11.6 Å². The van der Waals surface area contributed by atoms with E-state index in [1.165, 1.54) is 34.6 Å². The average Bonchev–Trinajstić information content (AvgIpc) is 3.49. The Kier molecular flexibility index (Phi) is 10.1. The van der Waals surface area contributed by atoms with E-state index in [2.05, 4.69) is 35.7 Å². The fourth-order valence-corrected chi connectivity index (χ4v) is 6.94. The van der Waals surface area contributed by atoms with Crippen LogP contribution in [0.1, 0.15) is 78.6 Å². The Morgan fingerprint density at radius 3 is 2.48 bits per heavy atom. The summed E-state index contributed by atoms with van der Waals surface area (Å²) in [6, 6.07) is 21.8. The second kappa shape index (κ2) is 14.6. The number of nitrogens with zero attached hydrogens (tertiary/aromatic N) is 2. The smallest absolute Gasteiger partial charge is 0.287 e. The van der Waals surface area contributed by atoms with Gasteiger partial charge in [0.2, 0.25) is 11.8 Å². The van der Waals surface area contributed by atoms with Crippen molar-refractivity contribution < 1.29 is 18.8 Å². The molecule has 48 heavy (non-hydrogen) atoms. The number of likely N-dealkylation sites (tertiary alicyclic amines) is 1. The maximum absolute atomic E-state index is 13.6. The molecule has 3 aromatic carbocycles. The van der Waals surface area contributed by atoms with E-state index in [0.29, 0.717) is 41.4 Å². The number of benzene rings is 3. The fraction of sp³-hybridized carbons (Fsp3) is 0.333. The number of carbonyl (C=O) groups excluding carboxylic acids is 3. The van der Waals surface area contributed by atoms with Crippen molar-refractivity contribution in [2.45, 2.75) is 70.4 Å². The van der Waals surface area contributed by atoms with Crippen molar-refractivity contribution in [3.8, 4) is 0 Å². The van der Waals surface area contributed by atoms with Crippen molar-refractivity contribution >= 4 is 46.0 Å². The van der Waals surface area contributed by atoms with Crippen LogP contribution in [0.5, 0.6) is 0 Å². The number of hydrogen-bond acceptors (Lipinski definition) is 5. The molecule has 1 aliphatic heterocycles. The van der Waals surface area contributed by atoms with Crippen LogP contribution in [0.4, 0.5) is 5.69 Å². The summed E-state index contributed by atoms with van der Waals surface area (Å²) in [7, 11) is 1.63. The normalized spacial score (nSPS) is 17.0. The standard InChI is InChI=1S/C39H40ClN3O5/c1-25(44)42(2)32-17-18-36-34(22-32)35(45)23-37(48-36)39(47)41-31(21-27-11-15-30(40)16-12-27)20-26-9-13-28(14-10-26)33-7-4-3-6-29(33)24-43-19-5-8-38(43)46/h3-4,6-7,11-12,15-18,20,22-23,28,31H,5,8-10,13-14,19,21,24H2,1-2H3,(H,41,47)/t28?,31-/m0/s1. The molecular weight excluding hydrogens is 626 g/mol. The average molecular weight is 666 g/mol. The number of nitrogens with one attached hydrogen (secondary N) is 1. The van der Waals surface area contributed by atoms with Gasteiger partial charge in [0, 0.05) is 50.3 Å². The number of halogens is 1. The van der Waals surface area contributed by atoms with Gasteiger partial charge in [-0.3, -0.25) is 19.2 Å². The van der Waals surface area contributed by atoms with Crippen molar-refractivity contribution in [3.63, 3.8) is 0 Å². The Morgan fingerprint density at radius 1 is 1.02 bits per heavy atom. The monoisotopic (exact) mass is 665 g/mol. The summed E-state index contributed by atoms with van der Waals surface area (Å²) in [5, 5.41) is 4.04. The lowest BCUT2D eigenvalue weighted by Crippen LogP contribution is -2.36. The van der Waals surface area contributed by atoms with E-state index in [1.54, 1.807) is 25.2 Å². The first-order valence-corrected chi connectivity index (χ1v) is 16.9. The Bertz CT molecular complexity index is 1920. The number of anilines is 1. The highest BCUT2D eigenvalue weighted by molar-refractivity contribution is 6.30. The number of allylic oxidation sites excluding steroid dienone is 1. The van der Waals surface area contributed by atoms with E-state index in [4.69, 9.17) is 16.0 Å². The lowest BCUT2D eigenvalue weighted by atomic mass is 9.79. The Morgan fingerprint density at radius 2 is 1.77 bits per heavy atom. The Balaban J connectivity index is 1.19. The number of carbonyl (C=O) groups is 3. The highest BCUT2D eigenvalue weighted by Gasteiger charge is 2.25. The van der Waals surface area contributed by atoms with Crippen molar-refractivity contribution in [1.29, 1.82) is 0 Å². The van der Waals surface area contributed by atoms with Gasteiger partial charge >= 0.3 is 0 Å². The first kappa shape index (κ1) is 33.2. The van der Waals surface area contributed by atoms with Crippen LogP contribution in [0.3, 0.4) is 0 Å². The molecule has 2 aliphatic rings. The fourth-order valence-electron chi connectivity index (χ4n) is 6.82. The van der Waals surface area contributed by atoms with Gasteiger partial charge in [-0.15, -0.1) is 0 Å². The quantitative estimate of drug-likeness (QED) is 0.191. The first-order chi connectivity index (χ1) is 23.1. The number of rotatable bonds is 9. The molecule has 1 atom stereocenters. The summed E-state index contributed by atoms with van der Waals surface area (Å²) >= 11 is 6.14. The summed E-state index contributed by atoms with van der Waals surface area (Å²) < 4.78 is 5.91. The zero-order chi connectivity index (χ0) is 33.8. The van der Waals surface area contributed by atoms with E-state index in [0.717, 1.165) is 44.2 Å². The van der Waals surface area contributed by atoms with Crippen LogP contribution < -0.4 is 15.6 Å². The highest BCUT2D eigenvalue weighted by atomic mass is 35.5. The van der Waals surface area contributed by atoms with Gasteiger partial charge in [-0.25, -0.2) is 0 Å². The second-order valence-corrected chi connectivity index (χ2v) is 13.3. The maximum Gasteiger partial charge on any atom is 0.287 e.